The molecule has 1 amide bonds. The lowest BCUT2D eigenvalue weighted by Crippen LogP contribution is -2.27. The number of carbonyl (C=O) groups is 1. The number of fused-ring (bicyclic) bond motifs is 3. The number of rotatable bonds is 3. The summed E-state index contributed by atoms with van der Waals surface area (Å²) in [5, 5.41) is 8.03. The van der Waals surface area contributed by atoms with Crippen molar-refractivity contribution in [3.8, 4) is 11.3 Å². The van der Waals surface area contributed by atoms with Crippen LogP contribution in [0.25, 0.3) is 33.2 Å². The maximum absolute atomic E-state index is 12.0. The van der Waals surface area contributed by atoms with Crippen molar-refractivity contribution in [1.82, 2.24) is 30.0 Å². The van der Waals surface area contributed by atoms with E-state index in [1.165, 1.54) is 0 Å². The molecule has 0 spiro atoms. The van der Waals surface area contributed by atoms with Crippen LogP contribution in [-0.4, -0.2) is 49.0 Å². The van der Waals surface area contributed by atoms with Gasteiger partial charge < -0.3 is 15.6 Å². The van der Waals surface area contributed by atoms with Crippen LogP contribution in [0, 0.1) is 0 Å². The number of benzene rings is 1. The van der Waals surface area contributed by atoms with E-state index in [-0.39, 0.29) is 11.8 Å². The molecule has 28 heavy (non-hydrogen) atoms. The van der Waals surface area contributed by atoms with Gasteiger partial charge in [-0.2, -0.15) is 5.10 Å². The summed E-state index contributed by atoms with van der Waals surface area (Å²) in [6, 6.07) is 7.95. The van der Waals surface area contributed by atoms with Crippen molar-refractivity contribution in [2.75, 3.05) is 18.8 Å². The maximum Gasteiger partial charge on any atom is 0.222 e. The number of nitrogens with zero attached hydrogens (tertiary/aromatic N) is 4. The fraction of sp³-hybridized carbons (Fsp3) is 0.300. The van der Waals surface area contributed by atoms with Crippen molar-refractivity contribution in [3.05, 3.63) is 36.3 Å². The molecule has 1 fully saturated rings. The molecule has 0 aliphatic carbocycles. The average molecular weight is 375 g/mol. The number of nitrogens with two attached hydrogens (primary N) is 1. The van der Waals surface area contributed by atoms with Crippen molar-refractivity contribution >= 4 is 33.7 Å². The number of nitrogens with one attached hydrogen (secondary N) is 2. The summed E-state index contributed by atoms with van der Waals surface area (Å²) in [7, 11) is 0. The Morgan fingerprint density at radius 3 is 3.00 bits per heavy atom. The molecule has 3 aromatic heterocycles. The zero-order valence-corrected chi connectivity index (χ0v) is 15.6. The summed E-state index contributed by atoms with van der Waals surface area (Å²) in [4.78, 5) is 26.7. The number of hydrogen-bond acceptors (Lipinski definition) is 5. The molecule has 0 radical (unpaired) electrons. The number of likely N-dealkylation sites (tertiary alicyclic amines) is 1. The second kappa shape index (κ2) is 6.33. The van der Waals surface area contributed by atoms with Gasteiger partial charge in [0.25, 0.3) is 0 Å². The SMILES string of the molecule is CCC(=O)N1CC[C@H](c2nc3c(N)nc4cc(-c5cc[nH]n5)ccc4c3[nH]2)C1. The first-order valence-electron chi connectivity index (χ1n) is 9.51. The number of anilines is 1. The van der Waals surface area contributed by atoms with Crippen LogP contribution < -0.4 is 5.73 Å². The van der Waals surface area contributed by atoms with Gasteiger partial charge in [-0.05, 0) is 24.6 Å². The first-order valence-corrected chi connectivity index (χ1v) is 9.51. The van der Waals surface area contributed by atoms with Gasteiger partial charge in [0.2, 0.25) is 5.91 Å². The molecular weight excluding hydrogens is 354 g/mol. The number of nitrogen functional groups attached to an aromatic ring is 1. The number of pyridine rings is 1. The zero-order valence-electron chi connectivity index (χ0n) is 15.6. The molecule has 8 heteroatoms. The molecule has 0 unspecified atom stereocenters. The highest BCUT2D eigenvalue weighted by molar-refractivity contribution is 6.07. The number of aromatic amines is 2. The first-order chi connectivity index (χ1) is 13.6. The van der Waals surface area contributed by atoms with Gasteiger partial charge >= 0.3 is 0 Å². The second-order valence-corrected chi connectivity index (χ2v) is 7.21. The average Bonchev–Trinajstić information content (AvgIpc) is 3.47. The normalized spacial score (nSPS) is 17.0. The lowest BCUT2D eigenvalue weighted by Gasteiger charge is -2.14. The Morgan fingerprint density at radius 2 is 2.21 bits per heavy atom. The van der Waals surface area contributed by atoms with Gasteiger partial charge in [-0.3, -0.25) is 9.89 Å². The van der Waals surface area contributed by atoms with Crippen molar-refractivity contribution in [3.63, 3.8) is 0 Å². The summed E-state index contributed by atoms with van der Waals surface area (Å²) >= 11 is 0. The van der Waals surface area contributed by atoms with Crippen molar-refractivity contribution in [1.29, 1.82) is 0 Å². The number of H-pyrrole nitrogens is 2. The molecule has 142 valence electrons. The molecule has 1 saturated heterocycles. The Hall–Kier alpha value is -3.42. The van der Waals surface area contributed by atoms with Gasteiger partial charge in [0.15, 0.2) is 5.82 Å². The fourth-order valence-corrected chi connectivity index (χ4v) is 4.00. The minimum Gasteiger partial charge on any atom is -0.382 e. The minimum absolute atomic E-state index is 0.191. The summed E-state index contributed by atoms with van der Waals surface area (Å²) in [6.45, 7) is 3.36. The van der Waals surface area contributed by atoms with E-state index in [1.54, 1.807) is 6.20 Å². The summed E-state index contributed by atoms with van der Waals surface area (Å²) in [6.07, 6.45) is 3.23. The number of hydrogen-bond donors (Lipinski definition) is 3. The molecule has 4 N–H and O–H groups in total. The van der Waals surface area contributed by atoms with Crippen molar-refractivity contribution in [2.24, 2.45) is 0 Å². The molecule has 5 rings (SSSR count). The molecule has 4 heterocycles. The second-order valence-electron chi connectivity index (χ2n) is 7.21. The highest BCUT2D eigenvalue weighted by Gasteiger charge is 2.29. The van der Waals surface area contributed by atoms with Gasteiger partial charge in [0.05, 0.1) is 16.7 Å². The molecule has 4 aromatic rings. The number of aromatic nitrogens is 5. The molecule has 1 atom stereocenters. The monoisotopic (exact) mass is 375 g/mol. The number of carbonyl (C=O) groups excluding carboxylic acids is 1. The lowest BCUT2D eigenvalue weighted by molar-refractivity contribution is -0.129. The van der Waals surface area contributed by atoms with Crippen LogP contribution in [0.15, 0.2) is 30.5 Å². The number of amides is 1. The van der Waals surface area contributed by atoms with Crippen LogP contribution in [0.5, 0.6) is 0 Å². The third kappa shape index (κ3) is 2.60. The van der Waals surface area contributed by atoms with Crippen LogP contribution in [-0.2, 0) is 4.79 Å². The Kier molecular flexibility index (Phi) is 3.78. The lowest BCUT2D eigenvalue weighted by atomic mass is 10.1. The van der Waals surface area contributed by atoms with Gasteiger partial charge in [0.1, 0.15) is 11.3 Å². The Balaban J connectivity index is 1.57. The Bertz CT molecular complexity index is 1180. The van der Waals surface area contributed by atoms with E-state index in [9.17, 15) is 4.79 Å². The van der Waals surface area contributed by atoms with Crippen molar-refractivity contribution < 1.29 is 4.79 Å². The highest BCUT2D eigenvalue weighted by atomic mass is 16.2. The van der Waals surface area contributed by atoms with E-state index in [2.05, 4.69) is 20.2 Å². The third-order valence-corrected chi connectivity index (χ3v) is 5.50. The minimum atomic E-state index is 0.191. The largest absolute Gasteiger partial charge is 0.382 e. The Labute approximate surface area is 161 Å². The third-order valence-electron chi connectivity index (χ3n) is 5.50. The van der Waals surface area contributed by atoms with Crippen LogP contribution in [0.3, 0.4) is 0 Å². The van der Waals surface area contributed by atoms with Crippen LogP contribution in [0.2, 0.25) is 0 Å². The first kappa shape index (κ1) is 16.7. The summed E-state index contributed by atoms with van der Waals surface area (Å²) in [5.41, 5.74) is 10.4. The summed E-state index contributed by atoms with van der Waals surface area (Å²) in [5.74, 6) is 1.67. The maximum atomic E-state index is 12.0. The molecule has 0 saturated carbocycles. The highest BCUT2D eigenvalue weighted by Crippen LogP contribution is 2.33. The predicted octanol–water partition coefficient (Wildman–Crippen LogP) is 2.81. The van der Waals surface area contributed by atoms with Crippen LogP contribution >= 0.6 is 0 Å². The quantitative estimate of drug-likeness (QED) is 0.509. The van der Waals surface area contributed by atoms with Gasteiger partial charge in [-0.25, -0.2) is 9.97 Å². The molecular formula is C20H21N7O. The van der Waals surface area contributed by atoms with Gasteiger partial charge in [-0.15, -0.1) is 0 Å². The Morgan fingerprint density at radius 1 is 1.32 bits per heavy atom. The molecule has 1 aliphatic rings. The van der Waals surface area contributed by atoms with E-state index in [0.29, 0.717) is 24.3 Å². The van der Waals surface area contributed by atoms with E-state index >= 15 is 0 Å². The van der Waals surface area contributed by atoms with E-state index in [0.717, 1.165) is 46.5 Å². The predicted molar refractivity (Wildman–Crippen MR) is 108 cm³/mol. The standard InChI is InChI=1S/C20H21N7O/c1-2-16(28)27-8-6-12(10-27)20-24-17-13-4-3-11(14-5-7-22-26-14)9-15(13)23-19(21)18(17)25-20/h3-5,7,9,12H,2,6,8,10H2,1H3,(H2,21,23)(H,22,26)(H,24,25)/t12-/m0/s1. The van der Waals surface area contributed by atoms with E-state index in [1.807, 2.05) is 36.1 Å². The molecule has 8 nitrogen and oxygen atoms in total. The summed E-state index contributed by atoms with van der Waals surface area (Å²) < 4.78 is 0. The molecule has 0 bridgehead atoms. The fourth-order valence-electron chi connectivity index (χ4n) is 4.00. The van der Waals surface area contributed by atoms with Gasteiger partial charge in [-0.1, -0.05) is 13.0 Å². The van der Waals surface area contributed by atoms with E-state index < -0.39 is 0 Å². The smallest absolute Gasteiger partial charge is 0.222 e. The van der Waals surface area contributed by atoms with Crippen molar-refractivity contribution in [2.45, 2.75) is 25.7 Å². The van der Waals surface area contributed by atoms with Gasteiger partial charge in [0, 0.05) is 42.6 Å². The molecule has 1 aliphatic heterocycles. The van der Waals surface area contributed by atoms with E-state index in [4.69, 9.17) is 10.7 Å². The molecule has 1 aromatic carbocycles. The van der Waals surface area contributed by atoms with Crippen LogP contribution in [0.4, 0.5) is 5.82 Å². The number of imidazole rings is 1. The topological polar surface area (TPSA) is 117 Å². The zero-order chi connectivity index (χ0) is 19.3. The van der Waals surface area contributed by atoms with Crippen LogP contribution in [0.1, 0.15) is 31.5 Å².